The molecule has 47 heavy (non-hydrogen) atoms. The number of aromatic amines is 1. The number of rotatable bonds is 9. The molecule has 0 spiro atoms. The maximum absolute atomic E-state index is 15.0. The van der Waals surface area contributed by atoms with Crippen molar-refractivity contribution in [3.8, 4) is 17.3 Å². The number of carbonyl (C=O) groups excluding carboxylic acids is 2. The number of ketones is 1. The summed E-state index contributed by atoms with van der Waals surface area (Å²) in [6.07, 6.45) is 4.77. The predicted molar refractivity (Wildman–Crippen MR) is 165 cm³/mol. The Labute approximate surface area is 266 Å². The van der Waals surface area contributed by atoms with Gasteiger partial charge in [-0.2, -0.15) is 9.49 Å². The number of aromatic nitrogens is 4. The first-order valence-corrected chi connectivity index (χ1v) is 15.0. The molecule has 14 heteroatoms. The molecule has 4 aromatic rings. The van der Waals surface area contributed by atoms with Gasteiger partial charge in [0.1, 0.15) is 18.2 Å². The Morgan fingerprint density at radius 3 is 2.62 bits per heavy atom. The van der Waals surface area contributed by atoms with Crippen LogP contribution in [0.15, 0.2) is 60.7 Å². The first-order valence-electron chi connectivity index (χ1n) is 15.0. The Morgan fingerprint density at radius 1 is 1.17 bits per heavy atom. The first kappa shape index (κ1) is 31.8. The number of nitrogens with two attached hydrogens (primary N) is 1. The molecule has 1 aliphatic carbocycles. The molecule has 2 aliphatic rings. The number of carbonyl (C=O) groups is 2. The molecule has 0 bridgehead atoms. The number of allylic oxidation sites excluding steroid dienone is 2. The molecule has 3 N–H and O–H groups in total. The number of halogens is 4. The maximum Gasteiger partial charge on any atom is 0.304 e. The molecule has 0 saturated carbocycles. The molecule has 1 aliphatic heterocycles. The molecule has 1 fully saturated rings. The van der Waals surface area contributed by atoms with Crippen molar-refractivity contribution in [3.05, 3.63) is 83.1 Å². The Morgan fingerprint density at radius 2 is 1.94 bits per heavy atom. The van der Waals surface area contributed by atoms with Gasteiger partial charge in [0.25, 0.3) is 6.43 Å². The number of aryl methyl sites for hydroxylation is 1. The standard InChI is InChI=1S/C33H32F4N6O4/c1-18-11-30(47-33(37)8-4-3-5-28(33)34)39-16-26(18)43-32(38)23(15-40-43)31(45)25-12-21-13-27(46-17-29(35)36)22(14-24(21)41-25)20-6-9-42(10-7-20)19(2)44/h3-5,11-16,20,29,41H,6-10,17,38H2,1-2H3. The number of piperidine rings is 1. The molecule has 1 saturated heterocycles. The van der Waals surface area contributed by atoms with Crippen molar-refractivity contribution in [2.45, 2.75) is 51.3 Å². The number of benzene rings is 1. The number of likely N-dealkylation sites (tertiary alicyclic amines) is 1. The van der Waals surface area contributed by atoms with Gasteiger partial charge < -0.3 is 25.1 Å². The quantitative estimate of drug-likeness (QED) is 0.165. The van der Waals surface area contributed by atoms with Gasteiger partial charge in [0.15, 0.2) is 5.83 Å². The Bertz CT molecular complexity index is 1910. The van der Waals surface area contributed by atoms with Crippen LogP contribution in [0, 0.1) is 6.92 Å². The molecule has 4 heterocycles. The monoisotopic (exact) mass is 652 g/mol. The van der Waals surface area contributed by atoms with Crippen LogP contribution in [-0.2, 0) is 4.79 Å². The number of alkyl halides is 3. The highest BCUT2D eigenvalue weighted by Gasteiger charge is 2.38. The fourth-order valence-electron chi connectivity index (χ4n) is 5.92. The maximum atomic E-state index is 15.0. The van der Waals surface area contributed by atoms with E-state index in [2.05, 4.69) is 15.1 Å². The van der Waals surface area contributed by atoms with E-state index in [1.807, 2.05) is 0 Å². The molecular weight excluding hydrogens is 620 g/mol. The number of anilines is 1. The lowest BCUT2D eigenvalue weighted by molar-refractivity contribution is -0.129. The lowest BCUT2D eigenvalue weighted by Gasteiger charge is -2.32. The highest BCUT2D eigenvalue weighted by molar-refractivity contribution is 6.12. The largest absolute Gasteiger partial charge is 0.487 e. The molecule has 1 amide bonds. The summed E-state index contributed by atoms with van der Waals surface area (Å²) in [6.45, 7) is 3.49. The second kappa shape index (κ2) is 12.6. The van der Waals surface area contributed by atoms with Gasteiger partial charge in [-0.15, -0.1) is 0 Å². The van der Waals surface area contributed by atoms with E-state index in [0.717, 1.165) is 11.6 Å². The zero-order valence-corrected chi connectivity index (χ0v) is 25.6. The molecule has 0 radical (unpaired) electrons. The molecule has 1 aromatic carbocycles. The number of ether oxygens (including phenoxy) is 2. The van der Waals surface area contributed by atoms with E-state index >= 15 is 0 Å². The number of nitrogens with zero attached hydrogens (tertiary/aromatic N) is 4. The fraction of sp³-hybridized carbons (Fsp3) is 0.333. The van der Waals surface area contributed by atoms with E-state index in [9.17, 15) is 27.2 Å². The number of nitrogens with one attached hydrogen (secondary N) is 1. The van der Waals surface area contributed by atoms with Crippen LogP contribution in [0.2, 0.25) is 0 Å². The molecule has 6 rings (SSSR count). The minimum absolute atomic E-state index is 0.0134. The topological polar surface area (TPSA) is 128 Å². The van der Waals surface area contributed by atoms with E-state index < -0.39 is 30.5 Å². The van der Waals surface area contributed by atoms with Crippen molar-refractivity contribution in [2.24, 2.45) is 0 Å². The summed E-state index contributed by atoms with van der Waals surface area (Å²) in [6, 6.07) is 6.44. The van der Waals surface area contributed by atoms with Crippen molar-refractivity contribution in [1.82, 2.24) is 24.6 Å². The van der Waals surface area contributed by atoms with Crippen LogP contribution in [0.4, 0.5) is 23.4 Å². The van der Waals surface area contributed by atoms with Crippen LogP contribution in [0.25, 0.3) is 16.6 Å². The number of fused-ring (bicyclic) bond motifs is 1. The zero-order chi connectivity index (χ0) is 33.5. The van der Waals surface area contributed by atoms with Gasteiger partial charge >= 0.3 is 5.85 Å². The Kier molecular flexibility index (Phi) is 8.51. The predicted octanol–water partition coefficient (Wildman–Crippen LogP) is 6.10. The van der Waals surface area contributed by atoms with Gasteiger partial charge in [-0.1, -0.05) is 12.2 Å². The van der Waals surface area contributed by atoms with Crippen molar-refractivity contribution in [1.29, 1.82) is 0 Å². The number of amides is 1. The summed E-state index contributed by atoms with van der Waals surface area (Å²) >= 11 is 0. The van der Waals surface area contributed by atoms with Crippen molar-refractivity contribution in [2.75, 3.05) is 25.4 Å². The number of hydrogen-bond donors (Lipinski definition) is 2. The summed E-state index contributed by atoms with van der Waals surface area (Å²) in [5.41, 5.74) is 8.89. The van der Waals surface area contributed by atoms with Crippen molar-refractivity contribution >= 4 is 28.4 Å². The van der Waals surface area contributed by atoms with Gasteiger partial charge in [-0.3, -0.25) is 9.59 Å². The van der Waals surface area contributed by atoms with Crippen LogP contribution in [-0.4, -0.2) is 68.3 Å². The van der Waals surface area contributed by atoms with Gasteiger partial charge in [-0.25, -0.2) is 22.8 Å². The molecular formula is C33H32F4N6O4. The fourth-order valence-corrected chi connectivity index (χ4v) is 5.92. The average Bonchev–Trinajstić information content (AvgIpc) is 3.64. The zero-order valence-electron chi connectivity index (χ0n) is 25.6. The third kappa shape index (κ3) is 6.31. The van der Waals surface area contributed by atoms with Crippen LogP contribution >= 0.6 is 0 Å². The van der Waals surface area contributed by atoms with Crippen LogP contribution in [0.5, 0.6) is 11.6 Å². The third-order valence-electron chi connectivity index (χ3n) is 8.46. The van der Waals surface area contributed by atoms with E-state index in [-0.39, 0.29) is 41.2 Å². The summed E-state index contributed by atoms with van der Waals surface area (Å²) in [4.78, 5) is 34.4. The second-order valence-corrected chi connectivity index (χ2v) is 11.6. The van der Waals surface area contributed by atoms with Crippen molar-refractivity contribution in [3.63, 3.8) is 0 Å². The SMILES string of the molecule is CC(=O)N1CCC(c2cc3[nH]c(C(=O)c4cnn(-c5cnc(OC6(F)CC=CC=C6F)cc5C)c4N)cc3cc2OCC(F)F)CC1. The van der Waals surface area contributed by atoms with E-state index in [1.165, 1.54) is 42.2 Å². The molecule has 1 atom stereocenters. The Balaban J connectivity index is 1.26. The number of nitrogen functional groups attached to an aromatic ring is 1. The van der Waals surface area contributed by atoms with E-state index in [4.69, 9.17) is 15.2 Å². The van der Waals surface area contributed by atoms with Crippen LogP contribution < -0.4 is 15.2 Å². The molecule has 1 unspecified atom stereocenters. The molecule has 3 aromatic heterocycles. The smallest absolute Gasteiger partial charge is 0.304 e. The average molecular weight is 653 g/mol. The van der Waals surface area contributed by atoms with Gasteiger partial charge in [0.05, 0.1) is 29.3 Å². The van der Waals surface area contributed by atoms with Crippen LogP contribution in [0.3, 0.4) is 0 Å². The molecule has 10 nitrogen and oxygen atoms in total. The second-order valence-electron chi connectivity index (χ2n) is 11.6. The first-order chi connectivity index (χ1) is 22.4. The normalized spacial score (nSPS) is 18.5. The van der Waals surface area contributed by atoms with Gasteiger partial charge in [-0.05, 0) is 61.1 Å². The minimum atomic E-state index is -2.67. The van der Waals surface area contributed by atoms with Gasteiger partial charge in [0.2, 0.25) is 17.6 Å². The number of pyridine rings is 1. The van der Waals surface area contributed by atoms with E-state index in [1.54, 1.807) is 30.0 Å². The third-order valence-corrected chi connectivity index (χ3v) is 8.46. The van der Waals surface area contributed by atoms with Gasteiger partial charge in [0, 0.05) is 43.4 Å². The number of hydrogen-bond acceptors (Lipinski definition) is 7. The van der Waals surface area contributed by atoms with E-state index in [0.29, 0.717) is 53.8 Å². The minimum Gasteiger partial charge on any atom is -0.487 e. The summed E-state index contributed by atoms with van der Waals surface area (Å²) in [5.74, 6) is -4.07. The summed E-state index contributed by atoms with van der Waals surface area (Å²) < 4.78 is 67.3. The molecule has 246 valence electrons. The highest BCUT2D eigenvalue weighted by atomic mass is 19.3. The lowest BCUT2D eigenvalue weighted by Crippen LogP contribution is -2.36. The highest BCUT2D eigenvalue weighted by Crippen LogP contribution is 2.38. The lowest BCUT2D eigenvalue weighted by atomic mass is 9.88. The number of H-pyrrole nitrogens is 1. The Hall–Kier alpha value is -5.14. The van der Waals surface area contributed by atoms with Crippen molar-refractivity contribution < 1.29 is 36.6 Å². The van der Waals surface area contributed by atoms with Crippen LogP contribution in [0.1, 0.15) is 59.3 Å². The summed E-state index contributed by atoms with van der Waals surface area (Å²) in [7, 11) is 0. The summed E-state index contributed by atoms with van der Waals surface area (Å²) in [5, 5.41) is 4.85.